The molecule has 0 saturated heterocycles. The number of ether oxygens (including phenoxy) is 1. The molecule has 3 nitrogen and oxygen atoms in total. The third-order valence-corrected chi connectivity index (χ3v) is 4.54. The van der Waals surface area contributed by atoms with Crippen molar-refractivity contribution in [2.45, 2.75) is 13.5 Å². The van der Waals surface area contributed by atoms with E-state index < -0.39 is 0 Å². The second-order valence-electron chi connectivity index (χ2n) is 4.22. The molecular formula is C14H16ClNO2S. The van der Waals surface area contributed by atoms with Gasteiger partial charge in [-0.2, -0.15) is 0 Å². The van der Waals surface area contributed by atoms with E-state index in [-0.39, 0.29) is 12.5 Å². The van der Waals surface area contributed by atoms with E-state index in [9.17, 15) is 4.79 Å². The molecule has 0 fully saturated rings. The van der Waals surface area contributed by atoms with Crippen LogP contribution in [0.25, 0.3) is 10.1 Å². The maximum Gasteiger partial charge on any atom is 0.248 e. The SMILES string of the molecule is CCOCC(=O)N(C)Cc1sc2ccccc2c1Cl. The molecule has 1 aromatic carbocycles. The molecule has 0 spiro atoms. The largest absolute Gasteiger partial charge is 0.372 e. The van der Waals surface area contributed by atoms with Gasteiger partial charge < -0.3 is 9.64 Å². The van der Waals surface area contributed by atoms with E-state index in [0.717, 1.165) is 20.0 Å². The van der Waals surface area contributed by atoms with Gasteiger partial charge in [-0.05, 0) is 13.0 Å². The second-order valence-corrected chi connectivity index (χ2v) is 5.74. The fourth-order valence-electron chi connectivity index (χ4n) is 1.77. The fraction of sp³-hybridized carbons (Fsp3) is 0.357. The Kier molecular flexibility index (Phi) is 4.80. The lowest BCUT2D eigenvalue weighted by molar-refractivity contribution is -0.135. The number of amides is 1. The number of likely N-dealkylation sites (N-methyl/N-ethyl adjacent to an activating group) is 1. The minimum atomic E-state index is -0.0321. The number of thiophene rings is 1. The van der Waals surface area contributed by atoms with Crippen molar-refractivity contribution < 1.29 is 9.53 Å². The van der Waals surface area contributed by atoms with Gasteiger partial charge in [0, 0.05) is 28.6 Å². The van der Waals surface area contributed by atoms with Crippen molar-refractivity contribution in [3.05, 3.63) is 34.2 Å². The van der Waals surface area contributed by atoms with Gasteiger partial charge >= 0.3 is 0 Å². The van der Waals surface area contributed by atoms with Gasteiger partial charge in [-0.3, -0.25) is 4.79 Å². The van der Waals surface area contributed by atoms with Crippen LogP contribution in [-0.4, -0.2) is 31.1 Å². The highest BCUT2D eigenvalue weighted by Gasteiger charge is 2.15. The zero-order chi connectivity index (χ0) is 13.8. The minimum absolute atomic E-state index is 0.0321. The summed E-state index contributed by atoms with van der Waals surface area (Å²) in [7, 11) is 1.77. The van der Waals surface area contributed by atoms with Crippen LogP contribution < -0.4 is 0 Å². The Morgan fingerprint density at radius 3 is 2.84 bits per heavy atom. The highest BCUT2D eigenvalue weighted by molar-refractivity contribution is 7.19. The maximum absolute atomic E-state index is 11.8. The molecular weight excluding hydrogens is 282 g/mol. The summed E-state index contributed by atoms with van der Waals surface area (Å²) in [5.74, 6) is -0.0321. The van der Waals surface area contributed by atoms with Crippen LogP contribution in [0.2, 0.25) is 5.02 Å². The van der Waals surface area contributed by atoms with Crippen LogP contribution in [0.3, 0.4) is 0 Å². The summed E-state index contributed by atoms with van der Waals surface area (Å²) in [6.45, 7) is 3.05. The number of rotatable bonds is 5. The predicted octanol–water partition coefficient (Wildman–Crippen LogP) is 3.55. The van der Waals surface area contributed by atoms with Gasteiger partial charge in [0.15, 0.2) is 0 Å². The lowest BCUT2D eigenvalue weighted by Crippen LogP contribution is -2.29. The molecule has 0 aliphatic carbocycles. The second kappa shape index (κ2) is 6.37. The van der Waals surface area contributed by atoms with Gasteiger partial charge in [-0.15, -0.1) is 11.3 Å². The molecule has 2 rings (SSSR count). The van der Waals surface area contributed by atoms with E-state index in [1.165, 1.54) is 0 Å². The van der Waals surface area contributed by atoms with E-state index in [1.54, 1.807) is 23.3 Å². The zero-order valence-corrected chi connectivity index (χ0v) is 12.6. The Morgan fingerprint density at radius 1 is 1.42 bits per heavy atom. The molecule has 19 heavy (non-hydrogen) atoms. The number of benzene rings is 1. The summed E-state index contributed by atoms with van der Waals surface area (Å²) >= 11 is 7.98. The number of hydrogen-bond acceptors (Lipinski definition) is 3. The number of carbonyl (C=O) groups is 1. The van der Waals surface area contributed by atoms with E-state index in [0.29, 0.717) is 13.2 Å². The first-order chi connectivity index (χ1) is 9.13. The highest BCUT2D eigenvalue weighted by atomic mass is 35.5. The molecule has 0 saturated carbocycles. The van der Waals surface area contributed by atoms with Crippen molar-refractivity contribution in [1.29, 1.82) is 0 Å². The van der Waals surface area contributed by atoms with E-state index in [1.807, 2.05) is 31.2 Å². The average Bonchev–Trinajstić information content (AvgIpc) is 2.73. The van der Waals surface area contributed by atoms with Crippen molar-refractivity contribution in [2.24, 2.45) is 0 Å². The zero-order valence-electron chi connectivity index (χ0n) is 11.0. The highest BCUT2D eigenvalue weighted by Crippen LogP contribution is 2.35. The molecule has 1 heterocycles. The first kappa shape index (κ1) is 14.3. The molecule has 0 unspecified atom stereocenters. The van der Waals surface area contributed by atoms with Gasteiger partial charge in [0.25, 0.3) is 0 Å². The first-order valence-corrected chi connectivity index (χ1v) is 7.30. The molecule has 2 aromatic rings. The quantitative estimate of drug-likeness (QED) is 0.844. The van der Waals surface area contributed by atoms with E-state index in [2.05, 4.69) is 0 Å². The Balaban J connectivity index is 2.12. The van der Waals surface area contributed by atoms with Crippen molar-refractivity contribution in [3.63, 3.8) is 0 Å². The Hall–Kier alpha value is -1.10. The molecule has 1 amide bonds. The van der Waals surface area contributed by atoms with Gasteiger partial charge in [0.05, 0.1) is 11.6 Å². The van der Waals surface area contributed by atoms with Gasteiger partial charge in [-0.25, -0.2) is 0 Å². The van der Waals surface area contributed by atoms with Crippen molar-refractivity contribution in [3.8, 4) is 0 Å². The summed E-state index contributed by atoms with van der Waals surface area (Å²) in [6, 6.07) is 7.99. The summed E-state index contributed by atoms with van der Waals surface area (Å²) in [5.41, 5.74) is 0. The minimum Gasteiger partial charge on any atom is -0.372 e. The molecule has 0 N–H and O–H groups in total. The lowest BCUT2D eigenvalue weighted by Gasteiger charge is -2.16. The lowest BCUT2D eigenvalue weighted by atomic mass is 10.2. The Morgan fingerprint density at radius 2 is 2.16 bits per heavy atom. The summed E-state index contributed by atoms with van der Waals surface area (Å²) in [5, 5.41) is 1.80. The van der Waals surface area contributed by atoms with Crippen LogP contribution >= 0.6 is 22.9 Å². The third-order valence-electron chi connectivity index (χ3n) is 2.84. The maximum atomic E-state index is 11.8. The Bertz CT molecular complexity index is 582. The van der Waals surface area contributed by atoms with Crippen LogP contribution in [0, 0.1) is 0 Å². The molecule has 102 valence electrons. The summed E-state index contributed by atoms with van der Waals surface area (Å²) in [4.78, 5) is 14.4. The number of fused-ring (bicyclic) bond motifs is 1. The van der Waals surface area contributed by atoms with Crippen LogP contribution in [-0.2, 0) is 16.1 Å². The number of hydrogen-bond donors (Lipinski definition) is 0. The van der Waals surface area contributed by atoms with Crippen molar-refractivity contribution >= 4 is 38.9 Å². The molecule has 0 aliphatic heterocycles. The van der Waals surface area contributed by atoms with Gasteiger partial charge in [-0.1, -0.05) is 29.8 Å². The van der Waals surface area contributed by atoms with Crippen molar-refractivity contribution in [2.75, 3.05) is 20.3 Å². The smallest absolute Gasteiger partial charge is 0.248 e. The molecule has 0 atom stereocenters. The van der Waals surface area contributed by atoms with E-state index in [4.69, 9.17) is 16.3 Å². The van der Waals surface area contributed by atoms with Crippen molar-refractivity contribution in [1.82, 2.24) is 4.90 Å². The summed E-state index contributed by atoms with van der Waals surface area (Å²) < 4.78 is 6.27. The first-order valence-electron chi connectivity index (χ1n) is 6.11. The monoisotopic (exact) mass is 297 g/mol. The Labute approximate surface area is 121 Å². The summed E-state index contributed by atoms with van der Waals surface area (Å²) in [6.07, 6.45) is 0. The standard InChI is InChI=1S/C14H16ClNO2S/c1-3-18-9-13(17)16(2)8-12-14(15)10-6-4-5-7-11(10)19-12/h4-7H,3,8-9H2,1-2H3. The molecule has 1 aromatic heterocycles. The fourth-order valence-corrected chi connectivity index (χ4v) is 3.32. The van der Waals surface area contributed by atoms with Crippen LogP contribution in [0.4, 0.5) is 0 Å². The normalized spacial score (nSPS) is 10.9. The van der Waals surface area contributed by atoms with Gasteiger partial charge in [0.2, 0.25) is 5.91 Å². The van der Waals surface area contributed by atoms with Gasteiger partial charge in [0.1, 0.15) is 6.61 Å². The molecule has 0 radical (unpaired) electrons. The van der Waals surface area contributed by atoms with E-state index >= 15 is 0 Å². The molecule has 5 heteroatoms. The topological polar surface area (TPSA) is 29.5 Å². The molecule has 0 bridgehead atoms. The van der Waals surface area contributed by atoms with Crippen LogP contribution in [0.5, 0.6) is 0 Å². The third kappa shape index (κ3) is 3.26. The molecule has 0 aliphatic rings. The number of halogens is 1. The predicted molar refractivity (Wildman–Crippen MR) is 79.8 cm³/mol. The number of carbonyl (C=O) groups excluding carboxylic acids is 1. The number of nitrogens with zero attached hydrogens (tertiary/aromatic N) is 1. The van der Waals surface area contributed by atoms with Crippen LogP contribution in [0.15, 0.2) is 24.3 Å². The average molecular weight is 298 g/mol. The van der Waals surface area contributed by atoms with Crippen LogP contribution in [0.1, 0.15) is 11.8 Å².